The van der Waals surface area contributed by atoms with E-state index in [4.69, 9.17) is 0 Å². The van der Waals surface area contributed by atoms with Crippen molar-refractivity contribution >= 4 is 5.69 Å². The maximum atomic E-state index is 13.3. The average molecular weight is 309 g/mol. The van der Waals surface area contributed by atoms with Crippen molar-refractivity contribution in [1.82, 2.24) is 0 Å². The third-order valence-electron chi connectivity index (χ3n) is 4.21. The first-order valence-electron chi connectivity index (χ1n) is 7.74. The molecule has 0 aliphatic carbocycles. The molecule has 1 aromatic rings. The molecule has 0 atom stereocenters. The number of piperidine rings is 1. The molecule has 0 saturated carbocycles. The summed E-state index contributed by atoms with van der Waals surface area (Å²) in [4.78, 5) is 1.98. The van der Waals surface area contributed by atoms with E-state index in [0.29, 0.717) is 25.3 Å². The summed E-state index contributed by atoms with van der Waals surface area (Å²) in [7, 11) is 0. The number of rotatable bonds is 3. The minimum Gasteiger partial charge on any atom is -0.507 e. The SMILES string of the molecule is C=CCc1cc(N2CCC(F)(F)CC2)cc(C(C)(C)C)c1O. The van der Waals surface area contributed by atoms with Crippen molar-refractivity contribution in [1.29, 1.82) is 0 Å². The molecule has 122 valence electrons. The molecule has 0 bridgehead atoms. The Bertz CT molecular complexity index is 551. The van der Waals surface area contributed by atoms with Gasteiger partial charge in [-0.2, -0.15) is 0 Å². The number of alkyl halides is 2. The molecule has 2 rings (SSSR count). The summed E-state index contributed by atoms with van der Waals surface area (Å²) in [5, 5.41) is 10.5. The highest BCUT2D eigenvalue weighted by molar-refractivity contribution is 5.59. The second-order valence-electron chi connectivity index (χ2n) is 7.09. The number of halogens is 2. The molecule has 0 radical (unpaired) electrons. The molecule has 1 aliphatic rings. The first-order chi connectivity index (χ1) is 10.1. The first-order valence-corrected chi connectivity index (χ1v) is 7.74. The van der Waals surface area contributed by atoms with E-state index >= 15 is 0 Å². The van der Waals surface area contributed by atoms with Crippen molar-refractivity contribution in [3.63, 3.8) is 0 Å². The van der Waals surface area contributed by atoms with Crippen molar-refractivity contribution in [2.75, 3.05) is 18.0 Å². The van der Waals surface area contributed by atoms with Gasteiger partial charge in [0.25, 0.3) is 5.92 Å². The van der Waals surface area contributed by atoms with E-state index in [1.54, 1.807) is 6.08 Å². The molecular formula is C18H25F2NO. The fourth-order valence-electron chi connectivity index (χ4n) is 2.84. The van der Waals surface area contributed by atoms with Gasteiger partial charge in [-0.15, -0.1) is 6.58 Å². The fraction of sp³-hybridized carbons (Fsp3) is 0.556. The van der Waals surface area contributed by atoms with Crippen LogP contribution in [-0.4, -0.2) is 24.1 Å². The van der Waals surface area contributed by atoms with Gasteiger partial charge < -0.3 is 10.0 Å². The molecule has 1 saturated heterocycles. The molecule has 1 aliphatic heterocycles. The van der Waals surface area contributed by atoms with Crippen LogP contribution in [0.3, 0.4) is 0 Å². The summed E-state index contributed by atoms with van der Waals surface area (Å²) in [6.45, 7) is 10.5. The highest BCUT2D eigenvalue weighted by Crippen LogP contribution is 2.39. The van der Waals surface area contributed by atoms with E-state index in [2.05, 4.69) is 6.58 Å². The maximum Gasteiger partial charge on any atom is 0.251 e. The molecule has 1 N–H and O–H groups in total. The number of nitrogens with zero attached hydrogens (tertiary/aromatic N) is 1. The lowest BCUT2D eigenvalue weighted by Gasteiger charge is -2.35. The average Bonchev–Trinajstić information content (AvgIpc) is 2.40. The van der Waals surface area contributed by atoms with E-state index in [-0.39, 0.29) is 18.3 Å². The summed E-state index contributed by atoms with van der Waals surface area (Å²) in [5.74, 6) is -2.26. The number of allylic oxidation sites excluding steroid dienone is 1. The van der Waals surface area contributed by atoms with Crippen LogP contribution in [0.25, 0.3) is 0 Å². The molecule has 2 nitrogen and oxygen atoms in total. The molecule has 0 aromatic heterocycles. The Balaban J connectivity index is 2.39. The predicted molar refractivity (Wildman–Crippen MR) is 87.1 cm³/mol. The van der Waals surface area contributed by atoms with Crippen molar-refractivity contribution in [3.8, 4) is 5.75 Å². The third-order valence-corrected chi connectivity index (χ3v) is 4.21. The number of hydrogen-bond donors (Lipinski definition) is 1. The van der Waals surface area contributed by atoms with E-state index in [9.17, 15) is 13.9 Å². The van der Waals surface area contributed by atoms with Crippen LogP contribution in [0.1, 0.15) is 44.7 Å². The smallest absolute Gasteiger partial charge is 0.251 e. The highest BCUT2D eigenvalue weighted by Gasteiger charge is 2.34. The van der Waals surface area contributed by atoms with Gasteiger partial charge in [0.05, 0.1) is 0 Å². The Morgan fingerprint density at radius 2 is 1.86 bits per heavy atom. The van der Waals surface area contributed by atoms with Gasteiger partial charge in [-0.1, -0.05) is 26.8 Å². The summed E-state index contributed by atoms with van der Waals surface area (Å²) >= 11 is 0. The Labute approximate surface area is 131 Å². The second-order valence-corrected chi connectivity index (χ2v) is 7.09. The largest absolute Gasteiger partial charge is 0.507 e. The zero-order valence-electron chi connectivity index (χ0n) is 13.6. The minimum absolute atomic E-state index is 0.116. The lowest BCUT2D eigenvalue weighted by Crippen LogP contribution is -2.39. The highest BCUT2D eigenvalue weighted by atomic mass is 19.3. The normalized spacial score (nSPS) is 18.3. The van der Waals surface area contributed by atoms with Gasteiger partial charge in [-0.25, -0.2) is 8.78 Å². The third kappa shape index (κ3) is 3.60. The van der Waals surface area contributed by atoms with Crippen LogP contribution >= 0.6 is 0 Å². The Morgan fingerprint density at radius 1 is 1.27 bits per heavy atom. The number of anilines is 1. The van der Waals surface area contributed by atoms with E-state index in [0.717, 1.165) is 16.8 Å². The number of benzene rings is 1. The molecule has 1 fully saturated rings. The lowest BCUT2D eigenvalue weighted by molar-refractivity contribution is -0.0220. The van der Waals surface area contributed by atoms with Gasteiger partial charge in [-0.05, 0) is 29.5 Å². The van der Waals surface area contributed by atoms with Crippen molar-refractivity contribution < 1.29 is 13.9 Å². The Kier molecular flexibility index (Phi) is 4.50. The Hall–Kier alpha value is -1.58. The number of phenols is 1. The van der Waals surface area contributed by atoms with Gasteiger partial charge in [0.2, 0.25) is 0 Å². The van der Waals surface area contributed by atoms with Gasteiger partial charge in [0, 0.05) is 37.2 Å². The monoisotopic (exact) mass is 309 g/mol. The van der Waals surface area contributed by atoms with Crippen LogP contribution in [0.2, 0.25) is 0 Å². The second kappa shape index (κ2) is 5.90. The fourth-order valence-corrected chi connectivity index (χ4v) is 2.84. The number of hydrogen-bond acceptors (Lipinski definition) is 2. The van der Waals surface area contributed by atoms with Crippen molar-refractivity contribution in [3.05, 3.63) is 35.9 Å². The van der Waals surface area contributed by atoms with Gasteiger partial charge >= 0.3 is 0 Å². The van der Waals surface area contributed by atoms with Gasteiger partial charge in [-0.3, -0.25) is 0 Å². The topological polar surface area (TPSA) is 23.5 Å². The molecule has 22 heavy (non-hydrogen) atoms. The van der Waals surface area contributed by atoms with Crippen LogP contribution in [0, 0.1) is 0 Å². The molecule has 1 heterocycles. The maximum absolute atomic E-state index is 13.3. The molecule has 0 unspecified atom stereocenters. The van der Waals surface area contributed by atoms with E-state index in [1.807, 2.05) is 37.8 Å². The molecule has 0 spiro atoms. The standard InChI is InChI=1S/C18H25F2NO/c1-5-6-13-11-14(12-15(16(13)22)17(2,3)4)21-9-7-18(19,20)8-10-21/h5,11-12,22H,1,6-10H2,2-4H3. The van der Waals surface area contributed by atoms with E-state index < -0.39 is 5.92 Å². The quantitative estimate of drug-likeness (QED) is 0.821. The molecular weight excluding hydrogens is 284 g/mol. The van der Waals surface area contributed by atoms with Crippen molar-refractivity contribution in [2.45, 2.75) is 51.4 Å². The summed E-state index contributed by atoms with van der Waals surface area (Å²) in [6.07, 6.45) is 2.08. The van der Waals surface area contributed by atoms with Crippen LogP contribution < -0.4 is 4.90 Å². The van der Waals surface area contributed by atoms with E-state index in [1.165, 1.54) is 0 Å². The Morgan fingerprint density at radius 3 is 2.36 bits per heavy atom. The number of aromatic hydroxyl groups is 1. The zero-order valence-corrected chi connectivity index (χ0v) is 13.6. The van der Waals surface area contributed by atoms with Crippen LogP contribution in [-0.2, 0) is 11.8 Å². The molecule has 4 heteroatoms. The van der Waals surface area contributed by atoms with Crippen LogP contribution in [0.15, 0.2) is 24.8 Å². The van der Waals surface area contributed by atoms with Crippen LogP contribution in [0.4, 0.5) is 14.5 Å². The predicted octanol–water partition coefficient (Wildman–Crippen LogP) is 4.65. The van der Waals surface area contributed by atoms with Gasteiger partial charge in [0.15, 0.2) is 0 Å². The summed E-state index contributed by atoms with van der Waals surface area (Å²) in [6, 6.07) is 3.83. The molecule has 1 aromatic carbocycles. The zero-order chi connectivity index (χ0) is 16.5. The lowest BCUT2D eigenvalue weighted by atomic mass is 9.84. The minimum atomic E-state index is -2.55. The number of phenolic OH excluding ortho intramolecular Hbond substituents is 1. The van der Waals surface area contributed by atoms with Gasteiger partial charge in [0.1, 0.15) is 5.75 Å². The summed E-state index contributed by atoms with van der Waals surface area (Å²) in [5.41, 5.74) is 2.35. The van der Waals surface area contributed by atoms with Crippen molar-refractivity contribution in [2.24, 2.45) is 0 Å². The molecule has 0 amide bonds. The summed E-state index contributed by atoms with van der Waals surface area (Å²) < 4.78 is 26.7. The first kappa shape index (κ1) is 16.8. The van der Waals surface area contributed by atoms with Crippen LogP contribution in [0.5, 0.6) is 5.75 Å².